The number of carbonyl (C=O) groups excluding carboxylic acids is 3. The van der Waals surface area contributed by atoms with Gasteiger partial charge in [0.2, 0.25) is 0 Å². The third kappa shape index (κ3) is 11.1. The third-order valence-electron chi connectivity index (χ3n) is 7.95. The molecule has 3 aromatic rings. The molecule has 3 aromatic carbocycles. The first-order valence-corrected chi connectivity index (χ1v) is 17.1. The number of rotatable bonds is 17. The number of methoxy groups -OCH3 is 1. The summed E-state index contributed by atoms with van der Waals surface area (Å²) in [5.74, 6) is -2.05. The maximum atomic E-state index is 13.0. The minimum atomic E-state index is -1.28. The molecule has 10 nitrogen and oxygen atoms in total. The SMILES string of the molecule is CCCCCCCOC1=CCC(C(=O)Oc2ccc(CC(NC(=O)c3ccc(NC(=O)c4ccc(Cl)c(Cl)c4)cc3)C(=O)O)cc2OC)C=C1. The molecule has 0 fully saturated rings. The van der Waals surface area contributed by atoms with Gasteiger partial charge >= 0.3 is 11.9 Å². The van der Waals surface area contributed by atoms with E-state index in [9.17, 15) is 24.3 Å². The molecule has 0 aliphatic heterocycles. The van der Waals surface area contributed by atoms with Crippen molar-refractivity contribution in [2.24, 2.45) is 5.92 Å². The summed E-state index contributed by atoms with van der Waals surface area (Å²) in [5, 5.41) is 15.7. The highest BCUT2D eigenvalue weighted by atomic mass is 35.5. The first kappa shape index (κ1) is 38.0. The monoisotopic (exact) mass is 722 g/mol. The van der Waals surface area contributed by atoms with E-state index in [4.69, 9.17) is 37.4 Å². The minimum Gasteiger partial charge on any atom is -0.494 e. The normalized spacial score (nSPS) is 14.2. The maximum Gasteiger partial charge on any atom is 0.326 e. The number of unbranched alkanes of at least 4 members (excludes halogenated alkanes) is 4. The van der Waals surface area contributed by atoms with Crippen LogP contribution in [0.4, 0.5) is 5.69 Å². The second kappa shape index (κ2) is 18.8. The number of hydrogen-bond donors (Lipinski definition) is 3. The number of carboxylic acid groups (broad SMARTS) is 1. The van der Waals surface area contributed by atoms with Crippen LogP contribution in [0.5, 0.6) is 11.5 Å². The smallest absolute Gasteiger partial charge is 0.326 e. The lowest BCUT2D eigenvalue weighted by Gasteiger charge is -2.18. The van der Waals surface area contributed by atoms with Crippen LogP contribution in [0, 0.1) is 5.92 Å². The average Bonchev–Trinajstić information content (AvgIpc) is 3.11. The van der Waals surface area contributed by atoms with Crippen LogP contribution in [0.2, 0.25) is 10.0 Å². The van der Waals surface area contributed by atoms with Gasteiger partial charge in [-0.2, -0.15) is 0 Å². The number of anilines is 1. The summed E-state index contributed by atoms with van der Waals surface area (Å²) in [6, 6.07) is 13.9. The van der Waals surface area contributed by atoms with Gasteiger partial charge in [0.05, 0.1) is 29.7 Å². The minimum absolute atomic E-state index is 0.0685. The Kier molecular flexibility index (Phi) is 14.3. The van der Waals surface area contributed by atoms with Crippen LogP contribution in [0.1, 0.15) is 71.7 Å². The topological polar surface area (TPSA) is 140 Å². The number of aliphatic carboxylic acids is 1. The molecule has 12 heteroatoms. The quantitative estimate of drug-likeness (QED) is 0.0723. The number of carboxylic acids is 1. The van der Waals surface area contributed by atoms with Crippen LogP contribution < -0.4 is 20.1 Å². The van der Waals surface area contributed by atoms with Gasteiger partial charge in [-0.1, -0.05) is 68.0 Å². The zero-order chi connectivity index (χ0) is 36.0. The van der Waals surface area contributed by atoms with Crippen LogP contribution in [0.3, 0.4) is 0 Å². The molecule has 2 amide bonds. The van der Waals surface area contributed by atoms with Gasteiger partial charge in [-0.15, -0.1) is 0 Å². The Morgan fingerprint density at radius 2 is 1.62 bits per heavy atom. The summed E-state index contributed by atoms with van der Waals surface area (Å²) in [6.45, 7) is 2.82. The van der Waals surface area contributed by atoms with Gasteiger partial charge in [0, 0.05) is 23.2 Å². The fraction of sp³-hybridized carbons (Fsp3) is 0.316. The molecule has 1 aliphatic carbocycles. The second-order valence-electron chi connectivity index (χ2n) is 11.7. The molecule has 0 saturated carbocycles. The number of esters is 1. The number of hydrogen-bond acceptors (Lipinski definition) is 7. The number of allylic oxidation sites excluding steroid dienone is 2. The lowest BCUT2D eigenvalue weighted by molar-refractivity contribution is -0.139. The molecule has 0 spiro atoms. The van der Waals surface area contributed by atoms with Crippen molar-refractivity contribution in [3.8, 4) is 11.5 Å². The van der Waals surface area contributed by atoms with E-state index in [1.807, 2.05) is 6.08 Å². The van der Waals surface area contributed by atoms with Gasteiger partial charge in [-0.05, 0) is 85.2 Å². The van der Waals surface area contributed by atoms with Gasteiger partial charge in [-0.3, -0.25) is 14.4 Å². The van der Waals surface area contributed by atoms with Crippen molar-refractivity contribution >= 4 is 52.6 Å². The Morgan fingerprint density at radius 1 is 0.880 bits per heavy atom. The Hall–Kier alpha value is -4.80. The van der Waals surface area contributed by atoms with Crippen molar-refractivity contribution in [2.45, 2.75) is 57.9 Å². The van der Waals surface area contributed by atoms with Crippen molar-refractivity contribution < 1.29 is 38.5 Å². The molecular formula is C38H40Cl2N2O8. The highest BCUT2D eigenvalue weighted by molar-refractivity contribution is 6.42. The molecular weight excluding hydrogens is 683 g/mol. The molecule has 50 heavy (non-hydrogen) atoms. The Balaban J connectivity index is 1.30. The fourth-order valence-electron chi connectivity index (χ4n) is 5.11. The number of halogens is 2. The zero-order valence-corrected chi connectivity index (χ0v) is 29.4. The van der Waals surface area contributed by atoms with E-state index in [1.54, 1.807) is 24.3 Å². The third-order valence-corrected chi connectivity index (χ3v) is 8.69. The predicted molar refractivity (Wildman–Crippen MR) is 192 cm³/mol. The Bertz CT molecular complexity index is 1740. The van der Waals surface area contributed by atoms with E-state index < -0.39 is 35.7 Å². The summed E-state index contributed by atoms with van der Waals surface area (Å²) < 4.78 is 16.9. The van der Waals surface area contributed by atoms with Gasteiger partial charge in [0.15, 0.2) is 11.5 Å². The van der Waals surface area contributed by atoms with E-state index in [-0.39, 0.29) is 28.5 Å². The van der Waals surface area contributed by atoms with Gasteiger partial charge < -0.3 is 30.0 Å². The largest absolute Gasteiger partial charge is 0.494 e. The van der Waals surface area contributed by atoms with Crippen molar-refractivity contribution in [1.29, 1.82) is 0 Å². The van der Waals surface area contributed by atoms with Crippen LogP contribution in [-0.2, 0) is 20.7 Å². The highest BCUT2D eigenvalue weighted by Gasteiger charge is 2.24. The van der Waals surface area contributed by atoms with Crippen LogP contribution in [0.15, 0.2) is 84.7 Å². The summed E-state index contributed by atoms with van der Waals surface area (Å²) in [6.07, 6.45) is 11.5. The number of benzene rings is 3. The second-order valence-corrected chi connectivity index (χ2v) is 12.5. The Labute approximate surface area is 301 Å². The molecule has 3 N–H and O–H groups in total. The molecule has 0 saturated heterocycles. The zero-order valence-electron chi connectivity index (χ0n) is 27.9. The van der Waals surface area contributed by atoms with E-state index in [1.165, 1.54) is 74.9 Å². The maximum absolute atomic E-state index is 13.0. The van der Waals surface area contributed by atoms with Crippen LogP contribution in [-0.4, -0.2) is 48.6 Å². The molecule has 0 aromatic heterocycles. The van der Waals surface area contributed by atoms with Crippen LogP contribution >= 0.6 is 23.2 Å². The first-order valence-electron chi connectivity index (χ1n) is 16.4. The van der Waals surface area contributed by atoms with Crippen molar-refractivity contribution in [1.82, 2.24) is 5.32 Å². The number of ether oxygens (including phenoxy) is 3. The average molecular weight is 724 g/mol. The van der Waals surface area contributed by atoms with Crippen molar-refractivity contribution in [3.63, 3.8) is 0 Å². The molecule has 1 aliphatic rings. The predicted octanol–water partition coefficient (Wildman–Crippen LogP) is 8.03. The van der Waals surface area contributed by atoms with Gasteiger partial charge in [-0.25, -0.2) is 4.79 Å². The molecule has 0 radical (unpaired) electrons. The van der Waals surface area contributed by atoms with E-state index >= 15 is 0 Å². The molecule has 4 rings (SSSR count). The van der Waals surface area contributed by atoms with Gasteiger partial charge in [0.1, 0.15) is 11.8 Å². The summed E-state index contributed by atoms with van der Waals surface area (Å²) in [4.78, 5) is 50.5. The lowest BCUT2D eigenvalue weighted by Crippen LogP contribution is -2.42. The fourth-order valence-corrected chi connectivity index (χ4v) is 5.41. The van der Waals surface area contributed by atoms with Crippen molar-refractivity contribution in [3.05, 3.63) is 111 Å². The first-order chi connectivity index (χ1) is 24.1. The summed E-state index contributed by atoms with van der Waals surface area (Å²) in [7, 11) is 1.42. The van der Waals surface area contributed by atoms with Crippen LogP contribution in [0.25, 0.3) is 0 Å². The lowest BCUT2D eigenvalue weighted by atomic mass is 10.0. The van der Waals surface area contributed by atoms with Crippen molar-refractivity contribution in [2.75, 3.05) is 19.0 Å². The van der Waals surface area contributed by atoms with E-state index in [0.29, 0.717) is 34.9 Å². The molecule has 2 unspecified atom stereocenters. The number of amides is 2. The standard InChI is InChI=1S/C38H40Cl2N2O8/c1-3-4-5-6-7-20-49-29-16-11-26(12-17-29)38(47)50-33-19-8-24(22-34(33)48-2)21-32(37(45)46)42-35(43)25-9-14-28(15-10-25)41-36(44)27-13-18-30(39)31(40)23-27/h8-11,13-19,22-23,26,32H,3-7,12,20-21H2,1-2H3,(H,41,44)(H,42,43)(H,45,46). The molecule has 0 heterocycles. The molecule has 264 valence electrons. The summed E-state index contributed by atoms with van der Waals surface area (Å²) in [5.41, 5.74) is 1.44. The number of carbonyl (C=O) groups is 4. The van der Waals surface area contributed by atoms with Gasteiger partial charge in [0.25, 0.3) is 11.8 Å². The number of nitrogens with one attached hydrogen (secondary N) is 2. The molecule has 2 atom stereocenters. The Morgan fingerprint density at radius 3 is 2.28 bits per heavy atom. The molecule has 0 bridgehead atoms. The van der Waals surface area contributed by atoms with E-state index in [2.05, 4.69) is 17.6 Å². The summed E-state index contributed by atoms with van der Waals surface area (Å²) >= 11 is 11.9. The highest BCUT2D eigenvalue weighted by Crippen LogP contribution is 2.31. The van der Waals surface area contributed by atoms with E-state index in [0.717, 1.165) is 18.6 Å².